The van der Waals surface area contributed by atoms with E-state index >= 15 is 0 Å². The number of ether oxygens (including phenoxy) is 4. The van der Waals surface area contributed by atoms with Gasteiger partial charge in [-0.1, -0.05) is 18.2 Å². The monoisotopic (exact) mass is 418 g/mol. The van der Waals surface area contributed by atoms with Crippen molar-refractivity contribution in [3.05, 3.63) is 62.9 Å². The van der Waals surface area contributed by atoms with E-state index in [0.717, 1.165) is 4.57 Å². The van der Waals surface area contributed by atoms with Gasteiger partial charge in [0.1, 0.15) is 24.4 Å². The molecular formula is C21H26N2O7. The Morgan fingerprint density at radius 1 is 1.07 bits per heavy atom. The largest absolute Gasteiger partial charge is 0.387 e. The van der Waals surface area contributed by atoms with Gasteiger partial charge in [0.05, 0.1) is 18.0 Å². The van der Waals surface area contributed by atoms with Crippen molar-refractivity contribution in [3.63, 3.8) is 0 Å². The molecule has 1 aromatic carbocycles. The van der Waals surface area contributed by atoms with Crippen LogP contribution >= 0.6 is 0 Å². The van der Waals surface area contributed by atoms with Gasteiger partial charge in [0, 0.05) is 6.07 Å². The smallest absolute Gasteiger partial charge is 0.333 e. The Morgan fingerprint density at radius 3 is 2.37 bits per heavy atom. The fraction of sp³-hybridized carbons (Fsp3) is 0.524. The molecule has 30 heavy (non-hydrogen) atoms. The molecule has 2 aromatic rings. The first-order chi connectivity index (χ1) is 14.1. The molecule has 0 amide bonds. The number of aliphatic hydroxyl groups excluding tert-OH is 1. The Hall–Kier alpha value is -2.30. The molecule has 0 bridgehead atoms. The Morgan fingerprint density at radius 2 is 1.77 bits per heavy atom. The van der Waals surface area contributed by atoms with Crippen LogP contribution in [0.25, 0.3) is 5.69 Å². The van der Waals surface area contributed by atoms with Crippen molar-refractivity contribution in [3.8, 4) is 5.69 Å². The minimum atomic E-state index is -1.10. The van der Waals surface area contributed by atoms with E-state index in [1.54, 1.807) is 58.0 Å². The summed E-state index contributed by atoms with van der Waals surface area (Å²) in [5, 5.41) is 10.9. The summed E-state index contributed by atoms with van der Waals surface area (Å²) in [5.41, 5.74) is -0.436. The maximum absolute atomic E-state index is 12.7. The van der Waals surface area contributed by atoms with E-state index in [9.17, 15) is 14.7 Å². The van der Waals surface area contributed by atoms with Crippen LogP contribution in [0.4, 0.5) is 0 Å². The summed E-state index contributed by atoms with van der Waals surface area (Å²) in [6.45, 7) is 7.10. The van der Waals surface area contributed by atoms with E-state index in [1.165, 1.54) is 6.07 Å². The molecule has 0 aliphatic carbocycles. The molecule has 9 heteroatoms. The number of nitrogens with one attached hydrogen (secondary N) is 1. The van der Waals surface area contributed by atoms with Gasteiger partial charge < -0.3 is 29.0 Å². The summed E-state index contributed by atoms with van der Waals surface area (Å²) < 4.78 is 24.2. The van der Waals surface area contributed by atoms with Crippen LogP contribution in [0.2, 0.25) is 0 Å². The highest BCUT2D eigenvalue weighted by Crippen LogP contribution is 2.40. The molecule has 2 aliphatic rings. The molecule has 0 saturated carbocycles. The van der Waals surface area contributed by atoms with E-state index < -0.39 is 47.2 Å². The molecule has 9 nitrogen and oxygen atoms in total. The third-order valence-electron chi connectivity index (χ3n) is 5.15. The Balaban J connectivity index is 1.68. The lowest BCUT2D eigenvalue weighted by molar-refractivity contribution is -0.178. The maximum Gasteiger partial charge on any atom is 0.333 e. The van der Waals surface area contributed by atoms with Gasteiger partial charge in [-0.2, -0.15) is 0 Å². The van der Waals surface area contributed by atoms with Gasteiger partial charge in [-0.25, -0.2) is 9.36 Å². The van der Waals surface area contributed by atoms with Crippen LogP contribution in [-0.2, 0) is 18.9 Å². The van der Waals surface area contributed by atoms with E-state index in [4.69, 9.17) is 18.9 Å². The highest BCUT2D eigenvalue weighted by Gasteiger charge is 2.50. The van der Waals surface area contributed by atoms with Crippen LogP contribution in [-0.4, -0.2) is 51.2 Å². The molecule has 4 atom stereocenters. The maximum atomic E-state index is 12.7. The third-order valence-corrected chi connectivity index (χ3v) is 5.15. The molecule has 4 rings (SSSR count). The van der Waals surface area contributed by atoms with Crippen LogP contribution in [0.15, 0.2) is 46.0 Å². The summed E-state index contributed by atoms with van der Waals surface area (Å²) in [7, 11) is 0. The van der Waals surface area contributed by atoms with Gasteiger partial charge in [0.2, 0.25) is 0 Å². The zero-order valence-electron chi connectivity index (χ0n) is 17.3. The van der Waals surface area contributed by atoms with E-state index in [2.05, 4.69) is 4.98 Å². The second-order valence-corrected chi connectivity index (χ2v) is 8.42. The number of nitrogens with zero attached hydrogens (tertiary/aromatic N) is 1. The Kier molecular flexibility index (Phi) is 5.19. The second kappa shape index (κ2) is 7.44. The predicted molar refractivity (Wildman–Crippen MR) is 106 cm³/mol. The lowest BCUT2D eigenvalue weighted by Crippen LogP contribution is -2.43. The first-order valence-electron chi connectivity index (χ1n) is 9.83. The van der Waals surface area contributed by atoms with Crippen molar-refractivity contribution in [2.45, 2.75) is 63.7 Å². The van der Waals surface area contributed by atoms with Gasteiger partial charge in [0.15, 0.2) is 11.6 Å². The van der Waals surface area contributed by atoms with Gasteiger partial charge in [-0.3, -0.25) is 4.79 Å². The first kappa shape index (κ1) is 21.0. The molecule has 2 aliphatic heterocycles. The number of hydrogen-bond acceptors (Lipinski definition) is 7. The lowest BCUT2D eigenvalue weighted by atomic mass is 10.0. The average molecular weight is 418 g/mol. The quantitative estimate of drug-likeness (QED) is 0.768. The lowest BCUT2D eigenvalue weighted by Gasteiger charge is -2.27. The highest BCUT2D eigenvalue weighted by molar-refractivity contribution is 5.31. The van der Waals surface area contributed by atoms with Gasteiger partial charge in [-0.15, -0.1) is 0 Å². The number of benzene rings is 1. The zero-order valence-corrected chi connectivity index (χ0v) is 17.3. The van der Waals surface area contributed by atoms with Crippen LogP contribution in [0.3, 0.4) is 0 Å². The number of H-pyrrole nitrogens is 1. The van der Waals surface area contributed by atoms with Crippen LogP contribution < -0.4 is 11.2 Å². The number of aromatic nitrogens is 2. The van der Waals surface area contributed by atoms with Gasteiger partial charge >= 0.3 is 5.69 Å². The fourth-order valence-electron chi connectivity index (χ4n) is 3.86. The summed E-state index contributed by atoms with van der Waals surface area (Å²) in [6, 6.07) is 9.90. The Bertz CT molecular complexity index is 996. The van der Waals surface area contributed by atoms with E-state index in [-0.39, 0.29) is 12.3 Å². The SMILES string of the molecule is CC1(C)OC[C@H]([C@H](O)[C@H]2OC(C)(C)O[C@H]2c2cc(=O)n(-c3ccccc3)c(=O)[nH]2)O1. The number of aromatic amines is 1. The van der Waals surface area contributed by atoms with Crippen LogP contribution in [0.5, 0.6) is 0 Å². The minimum absolute atomic E-state index is 0.188. The average Bonchev–Trinajstić information content (AvgIpc) is 3.20. The summed E-state index contributed by atoms with van der Waals surface area (Å²) >= 11 is 0. The molecule has 1 aromatic heterocycles. The molecular weight excluding hydrogens is 392 g/mol. The highest BCUT2D eigenvalue weighted by atomic mass is 16.8. The second-order valence-electron chi connectivity index (χ2n) is 8.42. The summed E-state index contributed by atoms with van der Waals surface area (Å²) in [5.74, 6) is -1.85. The minimum Gasteiger partial charge on any atom is -0.387 e. The van der Waals surface area contributed by atoms with Crippen LogP contribution in [0.1, 0.15) is 39.5 Å². The summed E-state index contributed by atoms with van der Waals surface area (Å²) in [4.78, 5) is 28.1. The molecule has 162 valence electrons. The first-order valence-corrected chi connectivity index (χ1v) is 9.83. The van der Waals surface area contributed by atoms with Gasteiger partial charge in [0.25, 0.3) is 5.56 Å². The fourth-order valence-corrected chi connectivity index (χ4v) is 3.86. The molecule has 2 fully saturated rings. The van der Waals surface area contributed by atoms with Crippen LogP contribution in [0, 0.1) is 0 Å². The van der Waals surface area contributed by atoms with Crippen molar-refractivity contribution < 1.29 is 24.1 Å². The van der Waals surface area contributed by atoms with E-state index in [0.29, 0.717) is 5.69 Å². The summed E-state index contributed by atoms with van der Waals surface area (Å²) in [6.07, 6.45) is -3.47. The van der Waals surface area contributed by atoms with Crippen molar-refractivity contribution in [1.82, 2.24) is 9.55 Å². The Labute approximate surface area is 173 Å². The van der Waals surface area contributed by atoms with Crippen molar-refractivity contribution in [1.29, 1.82) is 0 Å². The molecule has 0 spiro atoms. The third kappa shape index (κ3) is 3.99. The van der Waals surface area contributed by atoms with E-state index in [1.807, 2.05) is 0 Å². The number of aliphatic hydroxyl groups is 1. The van der Waals surface area contributed by atoms with Crippen molar-refractivity contribution in [2.24, 2.45) is 0 Å². The van der Waals surface area contributed by atoms with Crippen molar-refractivity contribution >= 4 is 0 Å². The molecule has 0 radical (unpaired) electrons. The molecule has 0 unspecified atom stereocenters. The normalized spacial score (nSPS) is 28.5. The molecule has 2 N–H and O–H groups in total. The molecule has 3 heterocycles. The van der Waals surface area contributed by atoms with Crippen molar-refractivity contribution in [2.75, 3.05) is 6.61 Å². The zero-order chi connectivity index (χ0) is 21.7. The van der Waals surface area contributed by atoms with Gasteiger partial charge in [-0.05, 0) is 39.8 Å². The molecule has 2 saturated heterocycles. The topological polar surface area (TPSA) is 112 Å². The number of para-hydroxylation sites is 1. The number of hydrogen-bond donors (Lipinski definition) is 2. The predicted octanol–water partition coefficient (Wildman–Crippen LogP) is 1.23. The number of rotatable bonds is 4. The standard InChI is InChI=1S/C21H26N2O7/c1-20(2)27-11-14(28-20)16(25)18-17(29-21(3,4)30-18)13-10-15(24)23(19(26)22-13)12-8-6-5-7-9-12/h5-10,14,16-18,25H,11H2,1-4H3,(H,22,26)/t14-,16+,17+,18-/m1/s1.